The number of alkyl halides is 1. The SMILES string of the molecule is Cc1cc(F)cc(C(=O)NC2c3ccccc3CC2Br)c1. The number of hydrogen-bond donors (Lipinski definition) is 1. The standard InChI is InChI=1S/C17H15BrFNO/c1-10-6-12(8-13(19)7-10)17(21)20-16-14-5-3-2-4-11(14)9-15(16)18/h2-8,15-16H,9H2,1H3,(H,20,21). The Morgan fingerprint density at radius 3 is 2.81 bits per heavy atom. The van der Waals surface area contributed by atoms with Crippen LogP contribution in [0.3, 0.4) is 0 Å². The Kier molecular flexibility index (Phi) is 3.81. The summed E-state index contributed by atoms with van der Waals surface area (Å²) in [5.74, 6) is -0.633. The van der Waals surface area contributed by atoms with E-state index in [9.17, 15) is 9.18 Å². The number of carbonyl (C=O) groups excluding carboxylic acids is 1. The van der Waals surface area contributed by atoms with Crippen molar-refractivity contribution in [3.63, 3.8) is 0 Å². The predicted molar refractivity (Wildman–Crippen MR) is 84.2 cm³/mol. The minimum atomic E-state index is -0.387. The van der Waals surface area contributed by atoms with Gasteiger partial charge in [0.05, 0.1) is 6.04 Å². The summed E-state index contributed by atoms with van der Waals surface area (Å²) in [6, 6.07) is 12.4. The number of aryl methyl sites for hydroxylation is 1. The fourth-order valence-corrected chi connectivity index (χ4v) is 3.57. The summed E-state index contributed by atoms with van der Waals surface area (Å²) in [7, 11) is 0. The molecule has 21 heavy (non-hydrogen) atoms. The molecule has 0 saturated carbocycles. The van der Waals surface area contributed by atoms with Gasteiger partial charge in [-0.3, -0.25) is 4.79 Å². The molecule has 108 valence electrons. The monoisotopic (exact) mass is 347 g/mol. The molecule has 4 heteroatoms. The minimum absolute atomic E-state index is 0.0859. The average molecular weight is 348 g/mol. The molecule has 0 heterocycles. The van der Waals surface area contributed by atoms with E-state index < -0.39 is 0 Å². The summed E-state index contributed by atoms with van der Waals surface area (Å²) >= 11 is 3.63. The van der Waals surface area contributed by atoms with Crippen molar-refractivity contribution in [1.82, 2.24) is 5.32 Å². The first-order valence-electron chi connectivity index (χ1n) is 6.84. The Bertz CT molecular complexity index is 681. The second kappa shape index (κ2) is 5.60. The smallest absolute Gasteiger partial charge is 0.251 e. The predicted octanol–water partition coefficient (Wildman–Crippen LogP) is 3.92. The number of benzene rings is 2. The highest BCUT2D eigenvalue weighted by Crippen LogP contribution is 2.35. The summed E-state index contributed by atoms with van der Waals surface area (Å²) in [6.07, 6.45) is 0.878. The number of nitrogens with one attached hydrogen (secondary N) is 1. The van der Waals surface area contributed by atoms with Crippen LogP contribution in [-0.2, 0) is 6.42 Å². The van der Waals surface area contributed by atoms with E-state index in [1.165, 1.54) is 17.7 Å². The molecule has 0 spiro atoms. The third kappa shape index (κ3) is 2.86. The molecular weight excluding hydrogens is 333 g/mol. The van der Waals surface area contributed by atoms with Crippen LogP contribution in [0.1, 0.15) is 33.1 Å². The van der Waals surface area contributed by atoms with Crippen LogP contribution in [0.4, 0.5) is 4.39 Å². The van der Waals surface area contributed by atoms with Crippen LogP contribution in [0, 0.1) is 12.7 Å². The van der Waals surface area contributed by atoms with Crippen molar-refractivity contribution in [2.24, 2.45) is 0 Å². The molecule has 0 saturated heterocycles. The second-order valence-corrected chi connectivity index (χ2v) is 6.56. The molecule has 2 aromatic rings. The van der Waals surface area contributed by atoms with Crippen LogP contribution in [-0.4, -0.2) is 10.7 Å². The Morgan fingerprint density at radius 1 is 1.29 bits per heavy atom. The van der Waals surface area contributed by atoms with Crippen LogP contribution in [0.2, 0.25) is 0 Å². The van der Waals surface area contributed by atoms with Crippen molar-refractivity contribution in [2.45, 2.75) is 24.2 Å². The molecule has 2 unspecified atom stereocenters. The van der Waals surface area contributed by atoms with Crippen molar-refractivity contribution in [3.8, 4) is 0 Å². The van der Waals surface area contributed by atoms with Crippen molar-refractivity contribution in [3.05, 3.63) is 70.5 Å². The topological polar surface area (TPSA) is 29.1 Å². The van der Waals surface area contributed by atoms with Crippen molar-refractivity contribution >= 4 is 21.8 Å². The summed E-state index contributed by atoms with van der Waals surface area (Å²) in [4.78, 5) is 12.5. The number of hydrogen-bond acceptors (Lipinski definition) is 1. The first-order chi connectivity index (χ1) is 10.0. The maximum atomic E-state index is 13.4. The van der Waals surface area contributed by atoms with E-state index in [1.807, 2.05) is 18.2 Å². The van der Waals surface area contributed by atoms with Gasteiger partial charge in [-0.05, 0) is 48.2 Å². The van der Waals surface area contributed by atoms with Crippen LogP contribution < -0.4 is 5.32 Å². The number of rotatable bonds is 2. The first-order valence-corrected chi connectivity index (χ1v) is 7.76. The fourth-order valence-electron chi connectivity index (χ4n) is 2.81. The molecule has 2 aromatic carbocycles. The number of fused-ring (bicyclic) bond motifs is 1. The minimum Gasteiger partial charge on any atom is -0.344 e. The molecule has 0 fully saturated rings. The molecule has 1 amide bonds. The number of amides is 1. The Morgan fingerprint density at radius 2 is 2.05 bits per heavy atom. The van der Waals surface area contributed by atoms with Gasteiger partial charge in [0, 0.05) is 10.4 Å². The zero-order chi connectivity index (χ0) is 15.0. The molecule has 1 N–H and O–H groups in total. The molecule has 1 aliphatic carbocycles. The zero-order valence-corrected chi connectivity index (χ0v) is 13.2. The van der Waals surface area contributed by atoms with Gasteiger partial charge in [0.1, 0.15) is 5.82 Å². The van der Waals surface area contributed by atoms with E-state index in [0.29, 0.717) is 5.56 Å². The maximum absolute atomic E-state index is 13.4. The zero-order valence-electron chi connectivity index (χ0n) is 11.6. The van der Waals surface area contributed by atoms with Gasteiger partial charge in [0.2, 0.25) is 0 Å². The lowest BCUT2D eigenvalue weighted by Gasteiger charge is -2.18. The van der Waals surface area contributed by atoms with E-state index in [0.717, 1.165) is 17.5 Å². The van der Waals surface area contributed by atoms with Gasteiger partial charge in [0.15, 0.2) is 0 Å². The van der Waals surface area contributed by atoms with Gasteiger partial charge in [0.25, 0.3) is 5.91 Å². The van der Waals surface area contributed by atoms with Gasteiger partial charge in [-0.1, -0.05) is 40.2 Å². The molecule has 2 atom stereocenters. The maximum Gasteiger partial charge on any atom is 0.251 e. The quantitative estimate of drug-likeness (QED) is 0.819. The molecule has 0 aliphatic heterocycles. The van der Waals surface area contributed by atoms with Crippen LogP contribution in [0.15, 0.2) is 42.5 Å². The van der Waals surface area contributed by atoms with Gasteiger partial charge in [-0.15, -0.1) is 0 Å². The highest BCUT2D eigenvalue weighted by Gasteiger charge is 2.31. The van der Waals surface area contributed by atoms with Gasteiger partial charge >= 0.3 is 0 Å². The third-order valence-electron chi connectivity index (χ3n) is 3.76. The van der Waals surface area contributed by atoms with Crippen molar-refractivity contribution < 1.29 is 9.18 Å². The van der Waals surface area contributed by atoms with Crippen LogP contribution in [0.25, 0.3) is 0 Å². The van der Waals surface area contributed by atoms with E-state index in [-0.39, 0.29) is 22.6 Å². The summed E-state index contributed by atoms with van der Waals surface area (Å²) in [5, 5.41) is 3.00. The lowest BCUT2D eigenvalue weighted by atomic mass is 10.1. The second-order valence-electron chi connectivity index (χ2n) is 5.39. The molecule has 0 radical (unpaired) electrons. The van der Waals surface area contributed by atoms with E-state index >= 15 is 0 Å². The summed E-state index contributed by atoms with van der Waals surface area (Å²) in [5.41, 5.74) is 3.46. The van der Waals surface area contributed by atoms with Gasteiger partial charge in [-0.2, -0.15) is 0 Å². The molecule has 3 rings (SSSR count). The van der Waals surface area contributed by atoms with E-state index in [1.54, 1.807) is 13.0 Å². The number of carbonyl (C=O) groups is 1. The normalized spacial score (nSPS) is 20.1. The summed E-state index contributed by atoms with van der Waals surface area (Å²) in [6.45, 7) is 1.78. The Hall–Kier alpha value is -1.68. The molecule has 0 aromatic heterocycles. The fraction of sp³-hybridized carbons (Fsp3) is 0.235. The van der Waals surface area contributed by atoms with E-state index in [2.05, 4.69) is 27.3 Å². The third-order valence-corrected chi connectivity index (χ3v) is 4.61. The largest absolute Gasteiger partial charge is 0.344 e. The number of halogens is 2. The highest BCUT2D eigenvalue weighted by molar-refractivity contribution is 9.09. The molecule has 0 bridgehead atoms. The molecular formula is C17H15BrFNO. The average Bonchev–Trinajstić information content (AvgIpc) is 2.74. The van der Waals surface area contributed by atoms with Crippen LogP contribution in [0.5, 0.6) is 0 Å². The Labute approximate surface area is 131 Å². The van der Waals surface area contributed by atoms with Crippen molar-refractivity contribution in [1.29, 1.82) is 0 Å². The van der Waals surface area contributed by atoms with Gasteiger partial charge < -0.3 is 5.32 Å². The lowest BCUT2D eigenvalue weighted by molar-refractivity contribution is 0.0937. The molecule has 2 nitrogen and oxygen atoms in total. The van der Waals surface area contributed by atoms with Crippen LogP contribution >= 0.6 is 15.9 Å². The first kappa shape index (κ1) is 14.3. The van der Waals surface area contributed by atoms with Gasteiger partial charge in [-0.25, -0.2) is 4.39 Å². The summed E-state index contributed by atoms with van der Waals surface area (Å²) < 4.78 is 13.4. The highest BCUT2D eigenvalue weighted by atomic mass is 79.9. The van der Waals surface area contributed by atoms with E-state index in [4.69, 9.17) is 0 Å². The Balaban J connectivity index is 1.85. The van der Waals surface area contributed by atoms with Crippen molar-refractivity contribution in [2.75, 3.05) is 0 Å². The lowest BCUT2D eigenvalue weighted by Crippen LogP contribution is -2.31. The molecule has 1 aliphatic rings.